The summed E-state index contributed by atoms with van der Waals surface area (Å²) >= 11 is 0. The van der Waals surface area contributed by atoms with Crippen molar-refractivity contribution in [3.05, 3.63) is 39.8 Å². The van der Waals surface area contributed by atoms with Crippen molar-refractivity contribution in [2.75, 3.05) is 0 Å². The van der Waals surface area contributed by atoms with Gasteiger partial charge in [0.15, 0.2) is 0 Å². The van der Waals surface area contributed by atoms with Gasteiger partial charge in [0.2, 0.25) is 0 Å². The van der Waals surface area contributed by atoms with Crippen LogP contribution in [0.15, 0.2) is 23.3 Å². The van der Waals surface area contributed by atoms with E-state index in [-0.39, 0.29) is 0 Å². The molecule has 3 nitrogen and oxygen atoms in total. The molecule has 0 spiro atoms. The summed E-state index contributed by atoms with van der Waals surface area (Å²) in [6.07, 6.45) is 0. The minimum Gasteiger partial charge on any atom is -0.125 e. The average molecular weight is 480 g/mol. The lowest BCUT2D eigenvalue weighted by Gasteiger charge is -2.38. The van der Waals surface area contributed by atoms with Gasteiger partial charge in [-0.1, -0.05) is 100 Å². The number of benzene rings is 1. The molecular weight excluding hydrogens is 435 g/mol. The molecule has 0 fully saturated rings. The van der Waals surface area contributed by atoms with Crippen LogP contribution in [0.5, 0.6) is 0 Å². The Labute approximate surface area is 205 Å². The van der Waals surface area contributed by atoms with Gasteiger partial charge in [-0.25, -0.2) is 0 Å². The van der Waals surface area contributed by atoms with Crippen molar-refractivity contribution in [3.63, 3.8) is 0 Å². The van der Waals surface area contributed by atoms with E-state index in [1.165, 1.54) is 0 Å². The number of azide groups is 1. The Bertz CT molecular complexity index is 864. The molecule has 0 unspecified atom stereocenters. The molecule has 0 aromatic heterocycles. The van der Waals surface area contributed by atoms with E-state index in [4.69, 9.17) is 5.53 Å². The summed E-state index contributed by atoms with van der Waals surface area (Å²) in [4.78, 5) is 3.02. The lowest BCUT2D eigenvalue weighted by atomic mass is 10.1. The fourth-order valence-corrected chi connectivity index (χ4v) is 16.5. The molecular formula is C28H45N3Si2. The predicted octanol–water partition coefficient (Wildman–Crippen LogP) is 9.77. The van der Waals surface area contributed by atoms with Gasteiger partial charge in [-0.05, 0) is 57.0 Å². The second kappa shape index (κ2) is 12.0. The van der Waals surface area contributed by atoms with Crippen LogP contribution in [0.1, 0.15) is 94.2 Å². The zero-order valence-electron chi connectivity index (χ0n) is 23.0. The highest BCUT2D eigenvalue weighted by atomic mass is 28.3. The fourth-order valence-electron chi connectivity index (χ4n) is 6.09. The summed E-state index contributed by atoms with van der Waals surface area (Å²) < 4.78 is 0. The molecule has 0 amide bonds. The third-order valence-electron chi connectivity index (χ3n) is 7.66. The first-order valence-corrected chi connectivity index (χ1v) is 17.0. The van der Waals surface area contributed by atoms with Crippen molar-refractivity contribution in [1.29, 1.82) is 0 Å². The molecule has 0 saturated heterocycles. The molecule has 0 bridgehead atoms. The van der Waals surface area contributed by atoms with E-state index in [1.54, 1.807) is 0 Å². The van der Waals surface area contributed by atoms with E-state index in [0.29, 0.717) is 38.9 Å². The molecule has 0 radical (unpaired) electrons. The zero-order chi connectivity index (χ0) is 25.6. The molecule has 1 aromatic carbocycles. The molecule has 180 valence electrons. The maximum absolute atomic E-state index is 9.06. The van der Waals surface area contributed by atoms with Gasteiger partial charge in [0.25, 0.3) is 0 Å². The monoisotopic (exact) mass is 479 g/mol. The van der Waals surface area contributed by atoms with Crippen LogP contribution in [-0.4, -0.2) is 16.1 Å². The third-order valence-corrected chi connectivity index (χ3v) is 20.2. The normalized spacial score (nSPS) is 12.2. The topological polar surface area (TPSA) is 48.8 Å². The number of hydrogen-bond donors (Lipinski definition) is 0. The quantitative estimate of drug-likeness (QED) is 0.123. The Balaban J connectivity index is 3.72. The number of rotatable bonds is 7. The standard InChI is InChI=1S/C28H45N3Si2/c1-20(2)32(21(3)4,22(5)6)15-13-26-17-27(19-28(18-26)30-31-29)14-16-33(23(7)8,24(9)10)25(11)12/h17-25H,1-12H3. The molecule has 0 N–H and O–H groups in total. The number of nitrogens with zero attached hydrogens (tertiary/aromatic N) is 3. The molecule has 5 heteroatoms. The van der Waals surface area contributed by atoms with Crippen molar-refractivity contribution in [1.82, 2.24) is 0 Å². The van der Waals surface area contributed by atoms with Crippen LogP contribution in [0.25, 0.3) is 10.4 Å². The van der Waals surface area contributed by atoms with E-state index in [9.17, 15) is 0 Å². The first-order chi connectivity index (χ1) is 15.2. The van der Waals surface area contributed by atoms with Crippen molar-refractivity contribution < 1.29 is 0 Å². The van der Waals surface area contributed by atoms with Crippen molar-refractivity contribution in [2.45, 2.75) is 116 Å². The molecule has 0 aliphatic rings. The van der Waals surface area contributed by atoms with Crippen molar-refractivity contribution in [2.24, 2.45) is 5.11 Å². The first kappa shape index (κ1) is 29.1. The van der Waals surface area contributed by atoms with Gasteiger partial charge >= 0.3 is 0 Å². The Hall–Kier alpha value is -1.92. The summed E-state index contributed by atoms with van der Waals surface area (Å²) in [7, 11) is -3.70. The maximum atomic E-state index is 9.06. The molecule has 0 heterocycles. The Morgan fingerprint density at radius 3 is 1.15 bits per heavy atom. The molecule has 1 aromatic rings. The number of hydrogen-bond acceptors (Lipinski definition) is 1. The van der Waals surface area contributed by atoms with Crippen LogP contribution < -0.4 is 0 Å². The maximum Gasteiger partial charge on any atom is 0.146 e. The minimum absolute atomic E-state index is 0.569. The van der Waals surface area contributed by atoms with Crippen LogP contribution in [0.3, 0.4) is 0 Å². The van der Waals surface area contributed by atoms with Gasteiger partial charge in [0.05, 0.1) is 0 Å². The lowest BCUT2D eigenvalue weighted by molar-refractivity contribution is 0.838. The van der Waals surface area contributed by atoms with Crippen LogP contribution in [0, 0.1) is 22.9 Å². The molecule has 0 saturated carbocycles. The average Bonchev–Trinajstić information content (AvgIpc) is 2.67. The fraction of sp³-hybridized carbons (Fsp3) is 0.643. The van der Waals surface area contributed by atoms with E-state index < -0.39 is 16.1 Å². The second-order valence-electron chi connectivity index (χ2n) is 11.3. The van der Waals surface area contributed by atoms with Gasteiger partial charge in [0, 0.05) is 21.7 Å². The largest absolute Gasteiger partial charge is 0.146 e. The zero-order valence-corrected chi connectivity index (χ0v) is 25.0. The third kappa shape index (κ3) is 6.36. The SMILES string of the molecule is CC(C)[Si](C#Cc1cc(C#C[Si](C(C)C)(C(C)C)C(C)C)cc(N=[N+]=[N-])c1)(C(C)C)C(C)C. The highest BCUT2D eigenvalue weighted by molar-refractivity contribution is 6.91. The van der Waals surface area contributed by atoms with Crippen LogP contribution >= 0.6 is 0 Å². The summed E-state index contributed by atoms with van der Waals surface area (Å²) in [5.41, 5.74) is 22.4. The van der Waals surface area contributed by atoms with Crippen LogP contribution in [0.4, 0.5) is 5.69 Å². The van der Waals surface area contributed by atoms with Gasteiger partial charge in [-0.2, -0.15) is 0 Å². The van der Waals surface area contributed by atoms with E-state index >= 15 is 0 Å². The summed E-state index contributed by atoms with van der Waals surface area (Å²) in [5, 5.41) is 3.90. The van der Waals surface area contributed by atoms with Crippen LogP contribution in [-0.2, 0) is 0 Å². The Morgan fingerprint density at radius 2 is 0.909 bits per heavy atom. The van der Waals surface area contributed by atoms with E-state index in [0.717, 1.165) is 11.1 Å². The van der Waals surface area contributed by atoms with Gasteiger partial charge in [-0.15, -0.1) is 11.1 Å². The highest BCUT2D eigenvalue weighted by Gasteiger charge is 2.42. The summed E-state index contributed by atoms with van der Waals surface area (Å²) in [6.45, 7) is 27.9. The first-order valence-electron chi connectivity index (χ1n) is 12.5. The van der Waals surface area contributed by atoms with Gasteiger partial charge in [-0.3, -0.25) is 0 Å². The minimum atomic E-state index is -1.85. The van der Waals surface area contributed by atoms with Crippen molar-refractivity contribution >= 4 is 21.8 Å². The lowest BCUT2D eigenvalue weighted by Crippen LogP contribution is -2.43. The summed E-state index contributed by atoms with van der Waals surface area (Å²) in [6, 6.07) is 5.88. The van der Waals surface area contributed by atoms with Gasteiger partial charge in [0.1, 0.15) is 16.1 Å². The molecule has 0 aliphatic carbocycles. The Morgan fingerprint density at radius 1 is 0.606 bits per heavy atom. The second-order valence-corrected chi connectivity index (χ2v) is 22.4. The van der Waals surface area contributed by atoms with Gasteiger partial charge < -0.3 is 0 Å². The van der Waals surface area contributed by atoms with E-state index in [1.807, 2.05) is 12.1 Å². The van der Waals surface area contributed by atoms with Crippen molar-refractivity contribution in [3.8, 4) is 22.9 Å². The predicted molar refractivity (Wildman–Crippen MR) is 151 cm³/mol. The molecule has 33 heavy (non-hydrogen) atoms. The van der Waals surface area contributed by atoms with E-state index in [2.05, 4.69) is 122 Å². The highest BCUT2D eigenvalue weighted by Crippen LogP contribution is 2.42. The molecule has 0 atom stereocenters. The molecule has 1 rings (SSSR count). The smallest absolute Gasteiger partial charge is 0.125 e. The Kier molecular flexibility index (Phi) is 10.6. The molecule has 0 aliphatic heterocycles. The van der Waals surface area contributed by atoms with Crippen LogP contribution in [0.2, 0.25) is 33.2 Å². The summed E-state index contributed by atoms with van der Waals surface area (Å²) in [5.74, 6) is 7.01.